The topological polar surface area (TPSA) is 134 Å². The summed E-state index contributed by atoms with van der Waals surface area (Å²) >= 11 is 4.24. The average molecular weight is 526 g/mol. The van der Waals surface area contributed by atoms with Crippen LogP contribution in [-0.2, 0) is 23.9 Å². The first-order valence-electron chi connectivity index (χ1n) is 12.1. The molecule has 36 heavy (non-hydrogen) atoms. The number of phenols is 1. The molecule has 202 valence electrons. The van der Waals surface area contributed by atoms with Gasteiger partial charge in [0.25, 0.3) is 0 Å². The largest absolute Gasteiger partial charge is 0.508 e. The summed E-state index contributed by atoms with van der Waals surface area (Å²) in [5, 5.41) is 15.3. The number of hydrogen-bond donors (Lipinski definition) is 4. The van der Waals surface area contributed by atoms with Crippen LogP contribution in [0.15, 0.2) is 24.3 Å². The van der Waals surface area contributed by atoms with Crippen LogP contribution in [0.3, 0.4) is 0 Å². The number of hydrogen-bond acceptors (Lipinski definition) is 8. The summed E-state index contributed by atoms with van der Waals surface area (Å²) in [4.78, 5) is 52.4. The second-order valence-electron chi connectivity index (χ2n) is 9.11. The summed E-state index contributed by atoms with van der Waals surface area (Å²) in [7, 11) is 0. The molecule has 0 fully saturated rings. The van der Waals surface area contributed by atoms with E-state index in [2.05, 4.69) is 23.3 Å². The lowest BCUT2D eigenvalue weighted by molar-refractivity contribution is -0.144. The Kier molecular flexibility index (Phi) is 13.1. The third kappa shape index (κ3) is 10.8. The van der Waals surface area contributed by atoms with Crippen molar-refractivity contribution in [2.24, 2.45) is 0 Å². The van der Waals surface area contributed by atoms with Crippen LogP contribution in [0.2, 0.25) is 0 Å². The van der Waals surface area contributed by atoms with Crippen LogP contribution in [-0.4, -0.2) is 71.0 Å². The molecule has 2 unspecified atom stereocenters. The van der Waals surface area contributed by atoms with E-state index in [1.54, 1.807) is 39.8 Å². The molecule has 0 aliphatic rings. The zero-order chi connectivity index (χ0) is 27.3. The van der Waals surface area contributed by atoms with Crippen molar-refractivity contribution in [3.05, 3.63) is 29.8 Å². The van der Waals surface area contributed by atoms with Crippen LogP contribution in [0.4, 0.5) is 4.79 Å². The Labute approximate surface area is 218 Å². The van der Waals surface area contributed by atoms with E-state index in [4.69, 9.17) is 9.47 Å². The number of carbonyl (C=O) groups is 4. The molecule has 0 saturated carbocycles. The Hall–Kier alpha value is -2.95. The van der Waals surface area contributed by atoms with E-state index in [0.717, 1.165) is 6.42 Å². The van der Waals surface area contributed by atoms with Gasteiger partial charge in [0.15, 0.2) is 0 Å². The van der Waals surface area contributed by atoms with Crippen LogP contribution >= 0.6 is 12.6 Å². The van der Waals surface area contributed by atoms with Crippen LogP contribution in [0.5, 0.6) is 5.75 Å². The number of amides is 3. The van der Waals surface area contributed by atoms with Gasteiger partial charge < -0.3 is 30.1 Å². The Bertz CT molecular complexity index is 889. The summed E-state index contributed by atoms with van der Waals surface area (Å²) < 4.78 is 10.2. The van der Waals surface area contributed by atoms with Crippen LogP contribution in [0, 0.1) is 0 Å². The van der Waals surface area contributed by atoms with Gasteiger partial charge in [-0.1, -0.05) is 25.5 Å². The summed E-state index contributed by atoms with van der Waals surface area (Å²) in [6.45, 7) is 9.20. The maximum atomic E-state index is 13.6. The van der Waals surface area contributed by atoms with Gasteiger partial charge in [0.05, 0.1) is 13.0 Å². The zero-order valence-corrected chi connectivity index (χ0v) is 22.6. The lowest BCUT2D eigenvalue weighted by Gasteiger charge is -2.34. The molecule has 11 heteroatoms. The number of nitrogens with zero attached hydrogens (tertiary/aromatic N) is 1. The van der Waals surface area contributed by atoms with E-state index in [-0.39, 0.29) is 37.6 Å². The van der Waals surface area contributed by atoms with Gasteiger partial charge in [-0.05, 0) is 51.8 Å². The van der Waals surface area contributed by atoms with Crippen molar-refractivity contribution in [3.8, 4) is 5.75 Å². The summed E-state index contributed by atoms with van der Waals surface area (Å²) in [5.41, 5.74) is -0.387. The molecule has 3 N–H and O–H groups in total. The molecule has 1 aromatic carbocycles. The molecular formula is C25H39N3O7S. The third-order valence-electron chi connectivity index (χ3n) is 4.89. The number of benzene rings is 1. The summed E-state index contributed by atoms with van der Waals surface area (Å²) in [5.74, 6) is -1.62. The van der Waals surface area contributed by atoms with E-state index in [1.165, 1.54) is 17.0 Å². The molecule has 0 aliphatic carbocycles. The van der Waals surface area contributed by atoms with Gasteiger partial charge >= 0.3 is 12.1 Å². The zero-order valence-electron chi connectivity index (χ0n) is 21.7. The minimum absolute atomic E-state index is 0.00887. The van der Waals surface area contributed by atoms with Crippen molar-refractivity contribution in [1.29, 1.82) is 0 Å². The number of unbranched alkanes of at least 4 members (excludes halogenated alkanes) is 1. The normalized spacial score (nSPS) is 12.7. The molecular weight excluding hydrogens is 486 g/mol. The fraction of sp³-hybridized carbons (Fsp3) is 0.600. The lowest BCUT2D eigenvalue weighted by atomic mass is 10.0. The first-order valence-corrected chi connectivity index (χ1v) is 12.7. The highest BCUT2D eigenvalue weighted by atomic mass is 32.1. The number of carbonyl (C=O) groups excluding carboxylic acids is 4. The number of alkyl carbamates (subject to hydrolysis) is 1. The van der Waals surface area contributed by atoms with Crippen molar-refractivity contribution in [2.75, 3.05) is 25.4 Å². The highest BCUT2D eigenvalue weighted by molar-refractivity contribution is 7.80. The number of aromatic hydroxyl groups is 1. The van der Waals surface area contributed by atoms with Gasteiger partial charge in [-0.3, -0.25) is 14.4 Å². The van der Waals surface area contributed by atoms with E-state index in [0.29, 0.717) is 12.0 Å². The molecule has 1 rings (SSSR count). The van der Waals surface area contributed by atoms with Gasteiger partial charge in [0.1, 0.15) is 23.4 Å². The molecule has 1 aromatic rings. The van der Waals surface area contributed by atoms with Crippen molar-refractivity contribution >= 4 is 36.5 Å². The van der Waals surface area contributed by atoms with Gasteiger partial charge in [-0.25, -0.2) is 4.79 Å². The SMILES string of the molecule is CCCCN(C(=O)C(CS)NC(=O)OC(C)(C)C)C(C(=O)NCCC(=O)OCC)c1cccc(O)c1. The predicted octanol–water partition coefficient (Wildman–Crippen LogP) is 2.95. The molecule has 0 aliphatic heterocycles. The smallest absolute Gasteiger partial charge is 0.408 e. The quantitative estimate of drug-likeness (QED) is 0.230. The predicted molar refractivity (Wildman–Crippen MR) is 139 cm³/mol. The summed E-state index contributed by atoms with van der Waals surface area (Å²) in [6.07, 6.45) is 0.516. The Morgan fingerprint density at radius 3 is 2.42 bits per heavy atom. The van der Waals surface area contributed by atoms with Crippen LogP contribution in [0.25, 0.3) is 0 Å². The number of thiol groups is 1. The first kappa shape index (κ1) is 31.1. The minimum atomic E-state index is -1.12. The average Bonchev–Trinajstić information content (AvgIpc) is 2.78. The number of phenolic OH excluding ortho intramolecular Hbond substituents is 1. The van der Waals surface area contributed by atoms with Crippen molar-refractivity contribution in [3.63, 3.8) is 0 Å². The van der Waals surface area contributed by atoms with Crippen molar-refractivity contribution < 1.29 is 33.8 Å². The minimum Gasteiger partial charge on any atom is -0.508 e. The lowest BCUT2D eigenvalue weighted by Crippen LogP contribution is -2.54. The third-order valence-corrected chi connectivity index (χ3v) is 5.25. The molecule has 0 bridgehead atoms. The number of ether oxygens (including phenoxy) is 2. The summed E-state index contributed by atoms with van der Waals surface area (Å²) in [6, 6.07) is 3.87. The van der Waals surface area contributed by atoms with Gasteiger partial charge in [0, 0.05) is 18.8 Å². The maximum absolute atomic E-state index is 13.6. The second-order valence-corrected chi connectivity index (χ2v) is 9.48. The molecule has 10 nitrogen and oxygen atoms in total. The van der Waals surface area contributed by atoms with E-state index in [9.17, 15) is 24.3 Å². The number of esters is 1. The van der Waals surface area contributed by atoms with E-state index >= 15 is 0 Å². The molecule has 0 heterocycles. The highest BCUT2D eigenvalue weighted by Gasteiger charge is 2.35. The Morgan fingerprint density at radius 1 is 1.17 bits per heavy atom. The molecule has 0 spiro atoms. The monoisotopic (exact) mass is 525 g/mol. The number of rotatable bonds is 13. The fourth-order valence-corrected chi connectivity index (χ4v) is 3.56. The van der Waals surface area contributed by atoms with E-state index < -0.39 is 41.6 Å². The van der Waals surface area contributed by atoms with Gasteiger partial charge in [-0.15, -0.1) is 0 Å². The first-order chi connectivity index (χ1) is 16.9. The standard InChI is InChI=1S/C25H39N3O7S/c1-6-8-14-28(23(32)19(16-36)27-24(33)35-25(3,4)5)21(17-10-9-11-18(29)15-17)22(31)26-13-12-20(30)34-7-2/h9-11,15,19,21,29,36H,6-8,12-14,16H2,1-5H3,(H,26,31)(H,27,33). The molecule has 3 amide bonds. The van der Waals surface area contributed by atoms with Crippen LogP contribution in [0.1, 0.15) is 65.5 Å². The Balaban J connectivity index is 3.28. The fourth-order valence-electron chi connectivity index (χ4n) is 3.32. The highest BCUT2D eigenvalue weighted by Crippen LogP contribution is 2.26. The van der Waals surface area contributed by atoms with Gasteiger partial charge in [-0.2, -0.15) is 12.6 Å². The van der Waals surface area contributed by atoms with E-state index in [1.807, 2.05) is 6.92 Å². The molecule has 0 radical (unpaired) electrons. The van der Waals surface area contributed by atoms with Gasteiger partial charge in [0.2, 0.25) is 11.8 Å². The Morgan fingerprint density at radius 2 is 1.86 bits per heavy atom. The van der Waals surface area contributed by atoms with Crippen molar-refractivity contribution in [1.82, 2.24) is 15.5 Å². The molecule has 0 aromatic heterocycles. The maximum Gasteiger partial charge on any atom is 0.408 e. The molecule has 0 saturated heterocycles. The second kappa shape index (κ2) is 15.2. The molecule has 2 atom stereocenters. The van der Waals surface area contributed by atoms with Crippen LogP contribution < -0.4 is 10.6 Å². The number of nitrogens with one attached hydrogen (secondary N) is 2. The van der Waals surface area contributed by atoms with Crippen molar-refractivity contribution in [2.45, 2.75) is 71.6 Å².